The average molecular weight is 454 g/mol. The lowest BCUT2D eigenvalue weighted by atomic mass is 10.1. The molecule has 3 heterocycles. The normalized spacial score (nSPS) is 19.5. The van der Waals surface area contributed by atoms with Crippen molar-refractivity contribution in [3.63, 3.8) is 0 Å². The van der Waals surface area contributed by atoms with E-state index >= 15 is 0 Å². The Morgan fingerprint density at radius 1 is 1.27 bits per heavy atom. The van der Waals surface area contributed by atoms with Crippen molar-refractivity contribution in [2.45, 2.75) is 57.3 Å². The molecule has 2 aromatic rings. The number of likely N-dealkylation sites (tertiary alicyclic amines) is 1. The summed E-state index contributed by atoms with van der Waals surface area (Å²) in [6.07, 6.45) is 5.70. The van der Waals surface area contributed by atoms with Crippen molar-refractivity contribution < 1.29 is 18.7 Å². The molecule has 9 heteroatoms. The van der Waals surface area contributed by atoms with E-state index in [2.05, 4.69) is 16.1 Å². The SMILES string of the molecule is CC1(OC(=O)N2CCC(n3ncc(COc4ccc(N5CCC5)cc4F)c3C#N)CC2)CC1. The summed E-state index contributed by atoms with van der Waals surface area (Å²) in [7, 11) is 0. The van der Waals surface area contributed by atoms with Crippen molar-refractivity contribution in [1.82, 2.24) is 14.7 Å². The van der Waals surface area contributed by atoms with Crippen LogP contribution in [-0.2, 0) is 11.3 Å². The van der Waals surface area contributed by atoms with Crippen LogP contribution in [0, 0.1) is 17.1 Å². The highest BCUT2D eigenvalue weighted by atomic mass is 19.1. The number of nitrogens with zero attached hydrogens (tertiary/aromatic N) is 5. The molecule has 5 rings (SSSR count). The minimum atomic E-state index is -0.412. The first-order chi connectivity index (χ1) is 16.0. The molecule has 3 aliphatic rings. The number of ether oxygens (including phenoxy) is 2. The van der Waals surface area contributed by atoms with Crippen molar-refractivity contribution >= 4 is 11.8 Å². The van der Waals surface area contributed by atoms with Crippen molar-refractivity contribution in [2.24, 2.45) is 0 Å². The average Bonchev–Trinajstić information content (AvgIpc) is 3.35. The lowest BCUT2D eigenvalue weighted by Gasteiger charge is -2.33. The van der Waals surface area contributed by atoms with Crippen molar-refractivity contribution in [3.05, 3.63) is 41.5 Å². The Morgan fingerprint density at radius 3 is 2.64 bits per heavy atom. The van der Waals surface area contributed by atoms with Crippen molar-refractivity contribution in [1.29, 1.82) is 5.26 Å². The number of hydrogen-bond acceptors (Lipinski definition) is 6. The predicted octanol–water partition coefficient (Wildman–Crippen LogP) is 4.01. The van der Waals surface area contributed by atoms with Crippen LogP contribution in [0.15, 0.2) is 24.4 Å². The molecule has 1 aliphatic carbocycles. The number of benzene rings is 1. The summed E-state index contributed by atoms with van der Waals surface area (Å²) in [4.78, 5) is 16.2. The van der Waals surface area contributed by atoms with E-state index in [1.165, 1.54) is 6.07 Å². The maximum Gasteiger partial charge on any atom is 0.410 e. The van der Waals surface area contributed by atoms with E-state index in [1.54, 1.807) is 21.8 Å². The van der Waals surface area contributed by atoms with Gasteiger partial charge in [0.25, 0.3) is 0 Å². The molecule has 8 nitrogen and oxygen atoms in total. The van der Waals surface area contributed by atoms with Crippen LogP contribution >= 0.6 is 0 Å². The molecule has 0 bridgehead atoms. The van der Waals surface area contributed by atoms with Gasteiger partial charge in [0.15, 0.2) is 11.6 Å². The Hall–Kier alpha value is -3.28. The molecule has 174 valence electrons. The summed E-state index contributed by atoms with van der Waals surface area (Å²) in [5.74, 6) is -0.253. The lowest BCUT2D eigenvalue weighted by molar-refractivity contribution is 0.0489. The fourth-order valence-corrected chi connectivity index (χ4v) is 4.28. The Labute approximate surface area is 192 Å². The van der Waals surface area contributed by atoms with Gasteiger partial charge in [-0.3, -0.25) is 4.68 Å². The lowest BCUT2D eigenvalue weighted by Crippen LogP contribution is -2.41. The zero-order valence-electron chi connectivity index (χ0n) is 18.8. The minimum absolute atomic E-state index is 0.0153. The van der Waals surface area contributed by atoms with E-state index in [-0.39, 0.29) is 30.1 Å². The Bertz CT molecular complexity index is 1080. The summed E-state index contributed by atoms with van der Waals surface area (Å²) >= 11 is 0. The maximum absolute atomic E-state index is 14.5. The van der Waals surface area contributed by atoms with Gasteiger partial charge in [0.1, 0.15) is 24.0 Å². The second-order valence-corrected chi connectivity index (χ2v) is 9.35. The molecule has 2 saturated heterocycles. The highest BCUT2D eigenvalue weighted by Crippen LogP contribution is 2.39. The largest absolute Gasteiger partial charge is 0.486 e. The van der Waals surface area contributed by atoms with Gasteiger partial charge in [-0.05, 0) is 51.2 Å². The fourth-order valence-electron chi connectivity index (χ4n) is 4.28. The van der Waals surface area contributed by atoms with E-state index in [0.717, 1.165) is 38.0 Å². The molecule has 1 aromatic carbocycles. The second kappa shape index (κ2) is 8.58. The van der Waals surface area contributed by atoms with Gasteiger partial charge in [-0.2, -0.15) is 10.4 Å². The highest BCUT2D eigenvalue weighted by molar-refractivity contribution is 5.68. The van der Waals surface area contributed by atoms with Gasteiger partial charge in [0, 0.05) is 43.5 Å². The summed E-state index contributed by atoms with van der Waals surface area (Å²) < 4.78 is 27.4. The maximum atomic E-state index is 14.5. The minimum Gasteiger partial charge on any atom is -0.486 e. The fraction of sp³-hybridized carbons (Fsp3) is 0.542. The molecule has 0 N–H and O–H groups in total. The van der Waals surface area contributed by atoms with E-state index in [4.69, 9.17) is 9.47 Å². The quantitative estimate of drug-likeness (QED) is 0.657. The van der Waals surface area contributed by atoms with E-state index in [9.17, 15) is 14.4 Å². The number of aromatic nitrogens is 2. The molecular weight excluding hydrogens is 425 g/mol. The van der Waals surface area contributed by atoms with Gasteiger partial charge in [0.05, 0.1) is 12.2 Å². The van der Waals surface area contributed by atoms with Crippen LogP contribution in [0.2, 0.25) is 0 Å². The molecule has 2 aliphatic heterocycles. The van der Waals surface area contributed by atoms with Crippen LogP contribution in [0.1, 0.15) is 56.3 Å². The smallest absolute Gasteiger partial charge is 0.410 e. The monoisotopic (exact) mass is 453 g/mol. The summed E-state index contributed by atoms with van der Waals surface area (Å²) in [5, 5.41) is 14.2. The summed E-state index contributed by atoms with van der Waals surface area (Å²) in [6, 6.07) is 7.22. The molecule has 0 radical (unpaired) electrons. The molecule has 0 atom stereocenters. The number of carbonyl (C=O) groups excluding carboxylic acids is 1. The molecule has 33 heavy (non-hydrogen) atoms. The zero-order chi connectivity index (χ0) is 23.0. The highest BCUT2D eigenvalue weighted by Gasteiger charge is 2.43. The standard InChI is InChI=1S/C24H28FN5O3/c1-24(7-8-24)33-23(31)29-11-5-18(6-12-29)30-21(14-26)17(15-27-30)16-32-22-4-3-19(13-20(22)25)28-9-2-10-28/h3-4,13,15,18H,2,5-12,16H2,1H3. The zero-order valence-corrected chi connectivity index (χ0v) is 18.8. The predicted molar refractivity (Wildman–Crippen MR) is 118 cm³/mol. The molecule has 1 saturated carbocycles. The van der Waals surface area contributed by atoms with Crippen molar-refractivity contribution in [3.8, 4) is 11.8 Å². The molecule has 3 fully saturated rings. The third kappa shape index (κ3) is 4.47. The number of hydrogen-bond donors (Lipinski definition) is 0. The number of amides is 1. The molecule has 0 unspecified atom stereocenters. The van der Waals surface area contributed by atoms with Crippen LogP contribution in [0.25, 0.3) is 0 Å². The number of carbonyl (C=O) groups is 1. The number of piperidine rings is 1. The second-order valence-electron chi connectivity index (χ2n) is 9.35. The molecule has 0 spiro atoms. The van der Waals surface area contributed by atoms with Gasteiger partial charge in [-0.1, -0.05) is 0 Å². The Balaban J connectivity index is 1.19. The van der Waals surface area contributed by atoms with Crippen LogP contribution < -0.4 is 9.64 Å². The van der Waals surface area contributed by atoms with E-state index < -0.39 is 5.82 Å². The number of rotatable bonds is 6. The summed E-state index contributed by atoms with van der Waals surface area (Å²) in [5.41, 5.74) is 1.61. The summed E-state index contributed by atoms with van der Waals surface area (Å²) in [6.45, 7) is 5.03. The van der Waals surface area contributed by atoms with Crippen molar-refractivity contribution in [2.75, 3.05) is 31.1 Å². The number of anilines is 1. The third-order valence-electron chi connectivity index (χ3n) is 6.85. The van der Waals surface area contributed by atoms with Gasteiger partial charge in [-0.25, -0.2) is 9.18 Å². The van der Waals surface area contributed by atoms with E-state index in [0.29, 0.717) is 37.2 Å². The molecule has 1 aromatic heterocycles. The van der Waals surface area contributed by atoms with Gasteiger partial charge in [-0.15, -0.1) is 0 Å². The van der Waals surface area contributed by atoms with Crippen LogP contribution in [0.3, 0.4) is 0 Å². The van der Waals surface area contributed by atoms with Gasteiger partial charge in [0.2, 0.25) is 0 Å². The first-order valence-electron chi connectivity index (χ1n) is 11.6. The molecular formula is C24H28FN5O3. The number of halogens is 1. The number of nitriles is 1. The Kier molecular flexibility index (Phi) is 5.60. The first-order valence-corrected chi connectivity index (χ1v) is 11.6. The van der Waals surface area contributed by atoms with Crippen LogP contribution in [0.5, 0.6) is 5.75 Å². The van der Waals surface area contributed by atoms with Gasteiger partial charge >= 0.3 is 6.09 Å². The molecule has 1 amide bonds. The Morgan fingerprint density at radius 2 is 2.03 bits per heavy atom. The van der Waals surface area contributed by atoms with E-state index in [1.807, 2.05) is 13.0 Å². The third-order valence-corrected chi connectivity index (χ3v) is 6.85. The van der Waals surface area contributed by atoms with Crippen LogP contribution in [-0.4, -0.2) is 52.6 Å². The van der Waals surface area contributed by atoms with Crippen LogP contribution in [0.4, 0.5) is 14.9 Å². The first kappa shape index (κ1) is 21.6. The topological polar surface area (TPSA) is 83.6 Å². The van der Waals surface area contributed by atoms with Gasteiger partial charge < -0.3 is 19.3 Å².